The number of hydrogen-bond acceptors (Lipinski definition) is 4. The van der Waals surface area contributed by atoms with E-state index in [1.165, 1.54) is 5.56 Å². The van der Waals surface area contributed by atoms with Gasteiger partial charge in [0.1, 0.15) is 5.75 Å². The van der Waals surface area contributed by atoms with Gasteiger partial charge in [-0.2, -0.15) is 0 Å². The van der Waals surface area contributed by atoms with Gasteiger partial charge in [-0.05, 0) is 50.0 Å². The smallest absolute Gasteiger partial charge is 0.203 e. The summed E-state index contributed by atoms with van der Waals surface area (Å²) >= 11 is 17.7. The first kappa shape index (κ1) is 18.2. The summed E-state index contributed by atoms with van der Waals surface area (Å²) in [5.74, 6) is 0.878. The van der Waals surface area contributed by atoms with Crippen molar-refractivity contribution in [2.45, 2.75) is 20.1 Å². The van der Waals surface area contributed by atoms with Crippen molar-refractivity contribution in [1.82, 2.24) is 19.1 Å². The van der Waals surface area contributed by atoms with Gasteiger partial charge in [-0.15, -0.1) is 5.10 Å². The van der Waals surface area contributed by atoms with E-state index in [0.717, 1.165) is 12.3 Å². The van der Waals surface area contributed by atoms with Crippen LogP contribution < -0.4 is 4.74 Å². The van der Waals surface area contributed by atoms with E-state index in [4.69, 9.17) is 40.2 Å². The zero-order valence-corrected chi connectivity index (χ0v) is 16.3. The van der Waals surface area contributed by atoms with Gasteiger partial charge in [-0.1, -0.05) is 35.3 Å². The molecule has 0 unspecified atom stereocenters. The molecule has 0 aliphatic carbocycles. The molecule has 25 heavy (non-hydrogen) atoms. The number of nitrogens with zero attached hydrogens (tertiary/aromatic N) is 4. The number of halogens is 2. The van der Waals surface area contributed by atoms with Crippen molar-refractivity contribution in [3.05, 3.63) is 56.9 Å². The fourth-order valence-electron chi connectivity index (χ4n) is 2.59. The van der Waals surface area contributed by atoms with Crippen LogP contribution in [0.4, 0.5) is 0 Å². The average molecular weight is 397 g/mol. The van der Waals surface area contributed by atoms with Gasteiger partial charge in [0.15, 0.2) is 5.65 Å². The summed E-state index contributed by atoms with van der Waals surface area (Å²) in [6, 6.07) is 9.73. The Labute approximate surface area is 161 Å². The number of ether oxygens (including phenoxy) is 1. The van der Waals surface area contributed by atoms with E-state index in [-0.39, 0.29) is 0 Å². The lowest BCUT2D eigenvalue weighted by atomic mass is 10.2. The zero-order valence-electron chi connectivity index (χ0n) is 13.9. The lowest BCUT2D eigenvalue weighted by molar-refractivity contribution is 0.244. The first-order chi connectivity index (χ1) is 12.0. The highest BCUT2D eigenvalue weighted by molar-refractivity contribution is 7.71. The summed E-state index contributed by atoms with van der Waals surface area (Å²) in [5.41, 5.74) is 1.79. The third kappa shape index (κ3) is 4.15. The van der Waals surface area contributed by atoms with E-state index >= 15 is 0 Å². The normalized spacial score (nSPS) is 11.4. The molecule has 5 nitrogen and oxygen atoms in total. The molecule has 1 aromatic carbocycles. The molecule has 0 atom stereocenters. The third-order valence-corrected chi connectivity index (χ3v) is 4.56. The van der Waals surface area contributed by atoms with E-state index < -0.39 is 0 Å². The molecule has 0 spiro atoms. The van der Waals surface area contributed by atoms with Crippen LogP contribution in [0.15, 0.2) is 36.5 Å². The monoisotopic (exact) mass is 396 g/mol. The number of aromatic nitrogens is 3. The van der Waals surface area contributed by atoms with Crippen LogP contribution in [0.5, 0.6) is 5.75 Å². The van der Waals surface area contributed by atoms with Gasteiger partial charge in [-0.3, -0.25) is 9.30 Å². The second-order valence-corrected chi connectivity index (χ2v) is 6.92. The first-order valence-electron chi connectivity index (χ1n) is 7.82. The lowest BCUT2D eigenvalue weighted by Crippen LogP contribution is -2.22. The van der Waals surface area contributed by atoms with Crippen molar-refractivity contribution in [2.75, 3.05) is 13.7 Å². The van der Waals surface area contributed by atoms with Gasteiger partial charge in [0.2, 0.25) is 4.77 Å². The molecule has 0 bridgehead atoms. The second-order valence-electron chi connectivity index (χ2n) is 5.71. The Balaban J connectivity index is 1.75. The molecule has 3 aromatic rings. The van der Waals surface area contributed by atoms with E-state index in [0.29, 0.717) is 33.7 Å². The van der Waals surface area contributed by atoms with Crippen molar-refractivity contribution in [3.8, 4) is 5.75 Å². The quantitative estimate of drug-likeness (QED) is 0.567. The molecule has 0 fully saturated rings. The standard InChI is InChI=1S/C17H18Cl2N4OS/c1-3-24-14-6-4-12(5-7-14)9-21(2)11-23-17(25)22-10-13(18)8-15(19)16(22)20-23/h4-8,10H,3,9,11H2,1-2H3. The Morgan fingerprint density at radius 1 is 1.24 bits per heavy atom. The number of benzene rings is 1. The molecule has 0 saturated heterocycles. The highest BCUT2D eigenvalue weighted by Gasteiger charge is 2.10. The van der Waals surface area contributed by atoms with Crippen LogP contribution >= 0.6 is 35.4 Å². The number of hydrogen-bond donors (Lipinski definition) is 0. The summed E-state index contributed by atoms with van der Waals surface area (Å²) in [7, 11) is 2.01. The van der Waals surface area contributed by atoms with E-state index in [1.807, 2.05) is 26.1 Å². The Morgan fingerprint density at radius 3 is 2.64 bits per heavy atom. The molecule has 8 heteroatoms. The summed E-state index contributed by atoms with van der Waals surface area (Å²) in [6.07, 6.45) is 1.72. The maximum Gasteiger partial charge on any atom is 0.203 e. The first-order valence-corrected chi connectivity index (χ1v) is 8.99. The molecule has 2 heterocycles. The lowest BCUT2D eigenvalue weighted by Gasteiger charge is -2.16. The molecule has 132 valence electrons. The van der Waals surface area contributed by atoms with Gasteiger partial charge in [0.25, 0.3) is 0 Å². The fraction of sp³-hybridized carbons (Fsp3) is 0.294. The highest BCUT2D eigenvalue weighted by Crippen LogP contribution is 2.21. The maximum atomic E-state index is 6.20. The highest BCUT2D eigenvalue weighted by atomic mass is 35.5. The second kappa shape index (κ2) is 7.74. The van der Waals surface area contributed by atoms with Crippen molar-refractivity contribution >= 4 is 41.1 Å². The Kier molecular flexibility index (Phi) is 5.64. The fourth-order valence-corrected chi connectivity index (χ4v) is 3.33. The predicted octanol–water partition coefficient (Wildman–Crippen LogP) is 4.66. The van der Waals surface area contributed by atoms with Crippen LogP contribution in [0.2, 0.25) is 10.0 Å². The van der Waals surface area contributed by atoms with Crippen LogP contribution in [0.1, 0.15) is 12.5 Å². The summed E-state index contributed by atoms with van der Waals surface area (Å²) in [4.78, 5) is 2.12. The SMILES string of the molecule is CCOc1ccc(CN(C)Cn2nc3c(Cl)cc(Cl)cn3c2=S)cc1. The molecule has 0 radical (unpaired) electrons. The van der Waals surface area contributed by atoms with Crippen molar-refractivity contribution in [1.29, 1.82) is 0 Å². The molecule has 0 amide bonds. The van der Waals surface area contributed by atoms with Crippen molar-refractivity contribution in [2.24, 2.45) is 0 Å². The average Bonchev–Trinajstić information content (AvgIpc) is 2.87. The molecular weight excluding hydrogens is 379 g/mol. The Morgan fingerprint density at radius 2 is 1.96 bits per heavy atom. The molecular formula is C17H18Cl2N4OS. The maximum absolute atomic E-state index is 6.20. The van der Waals surface area contributed by atoms with E-state index in [2.05, 4.69) is 22.1 Å². The summed E-state index contributed by atoms with van der Waals surface area (Å²) in [5, 5.41) is 5.50. The van der Waals surface area contributed by atoms with Gasteiger partial charge in [0.05, 0.1) is 23.3 Å². The largest absolute Gasteiger partial charge is 0.494 e. The van der Waals surface area contributed by atoms with Gasteiger partial charge in [-0.25, -0.2) is 4.68 Å². The third-order valence-electron chi connectivity index (χ3n) is 3.66. The minimum Gasteiger partial charge on any atom is -0.494 e. The topological polar surface area (TPSA) is 34.7 Å². The minimum absolute atomic E-state index is 0.478. The van der Waals surface area contributed by atoms with Gasteiger partial charge < -0.3 is 4.74 Å². The van der Waals surface area contributed by atoms with Crippen LogP contribution in [0, 0.1) is 4.77 Å². The molecule has 3 rings (SSSR count). The van der Waals surface area contributed by atoms with Crippen molar-refractivity contribution in [3.63, 3.8) is 0 Å². The number of rotatable bonds is 6. The summed E-state index contributed by atoms with van der Waals surface area (Å²) < 4.78 is 9.48. The van der Waals surface area contributed by atoms with Crippen LogP contribution in [0.3, 0.4) is 0 Å². The van der Waals surface area contributed by atoms with Crippen LogP contribution in [-0.4, -0.2) is 32.7 Å². The number of pyridine rings is 1. The summed E-state index contributed by atoms with van der Waals surface area (Å²) in [6.45, 7) is 3.94. The molecule has 0 saturated carbocycles. The van der Waals surface area contributed by atoms with Crippen LogP contribution in [0.25, 0.3) is 5.65 Å². The Bertz CT molecular complexity index is 936. The molecule has 0 aliphatic heterocycles. The minimum atomic E-state index is 0.478. The number of fused-ring (bicyclic) bond motifs is 1. The molecule has 0 aliphatic rings. The Hall–Kier alpha value is -1.60. The molecule has 0 N–H and O–H groups in total. The van der Waals surface area contributed by atoms with E-state index in [1.54, 1.807) is 21.3 Å². The zero-order chi connectivity index (χ0) is 18.0. The predicted molar refractivity (Wildman–Crippen MR) is 103 cm³/mol. The van der Waals surface area contributed by atoms with Gasteiger partial charge >= 0.3 is 0 Å². The van der Waals surface area contributed by atoms with Gasteiger partial charge in [0, 0.05) is 12.7 Å². The van der Waals surface area contributed by atoms with Crippen LogP contribution in [-0.2, 0) is 13.2 Å². The molecule has 2 aromatic heterocycles. The van der Waals surface area contributed by atoms with E-state index in [9.17, 15) is 0 Å². The van der Waals surface area contributed by atoms with Crippen molar-refractivity contribution < 1.29 is 4.74 Å².